The number of alkyl halides is 3. The van der Waals surface area contributed by atoms with Crippen molar-refractivity contribution >= 4 is 11.6 Å². The Labute approximate surface area is 161 Å². The number of allylic oxidation sites excluding steroid dienone is 2. The fourth-order valence-corrected chi connectivity index (χ4v) is 4.50. The van der Waals surface area contributed by atoms with Gasteiger partial charge in [-0.3, -0.25) is 4.79 Å². The summed E-state index contributed by atoms with van der Waals surface area (Å²) in [6, 6.07) is 5.45. The summed E-state index contributed by atoms with van der Waals surface area (Å²) in [7, 11) is 0. The van der Waals surface area contributed by atoms with Crippen molar-refractivity contribution in [3.8, 4) is 5.69 Å². The maximum atomic E-state index is 13.6. The zero-order valence-corrected chi connectivity index (χ0v) is 15.8. The number of carbonyl (C=O) groups excluding carboxylic acids is 1. The number of nitrogens with zero attached hydrogens (tertiary/aromatic N) is 2. The average molecular weight is 389 g/mol. The van der Waals surface area contributed by atoms with Crippen LogP contribution in [0, 0.1) is 12.8 Å². The second kappa shape index (κ2) is 6.79. The summed E-state index contributed by atoms with van der Waals surface area (Å²) in [4.78, 5) is 12.6. The van der Waals surface area contributed by atoms with Gasteiger partial charge < -0.3 is 5.32 Å². The van der Waals surface area contributed by atoms with E-state index in [1.54, 1.807) is 13.0 Å². The average Bonchev–Trinajstić information content (AvgIpc) is 2.97. The number of aromatic nitrogens is 2. The lowest BCUT2D eigenvalue weighted by molar-refractivity contribution is -0.137. The van der Waals surface area contributed by atoms with Gasteiger partial charge in [-0.15, -0.1) is 0 Å². The van der Waals surface area contributed by atoms with Gasteiger partial charge in [0.25, 0.3) is 0 Å². The number of aryl methyl sites for hydroxylation is 1. The van der Waals surface area contributed by atoms with E-state index < -0.39 is 11.7 Å². The van der Waals surface area contributed by atoms with Crippen LogP contribution in [0.3, 0.4) is 0 Å². The van der Waals surface area contributed by atoms with E-state index >= 15 is 0 Å². The highest BCUT2D eigenvalue weighted by atomic mass is 19.4. The number of ketones is 1. The Kier molecular flexibility index (Phi) is 4.56. The van der Waals surface area contributed by atoms with Gasteiger partial charge >= 0.3 is 6.18 Å². The molecule has 28 heavy (non-hydrogen) atoms. The van der Waals surface area contributed by atoms with Crippen molar-refractivity contribution in [3.63, 3.8) is 0 Å². The van der Waals surface area contributed by atoms with Gasteiger partial charge in [-0.1, -0.05) is 31.6 Å². The summed E-state index contributed by atoms with van der Waals surface area (Å²) in [6.45, 7) is 3.86. The normalized spacial score (nSPS) is 21.6. The van der Waals surface area contributed by atoms with Gasteiger partial charge in [-0.2, -0.15) is 18.3 Å². The van der Waals surface area contributed by atoms with E-state index in [0.717, 1.165) is 30.2 Å². The van der Waals surface area contributed by atoms with Gasteiger partial charge in [0, 0.05) is 23.6 Å². The lowest BCUT2D eigenvalue weighted by Crippen LogP contribution is -2.34. The van der Waals surface area contributed by atoms with E-state index in [0.29, 0.717) is 24.4 Å². The first-order valence-electron chi connectivity index (χ1n) is 9.58. The van der Waals surface area contributed by atoms with Crippen LogP contribution in [0.1, 0.15) is 55.3 Å². The van der Waals surface area contributed by atoms with Gasteiger partial charge in [0.2, 0.25) is 0 Å². The Bertz CT molecular complexity index is 958. The molecule has 4 nitrogen and oxygen atoms in total. The molecule has 1 aromatic carbocycles. The summed E-state index contributed by atoms with van der Waals surface area (Å²) in [6.07, 6.45) is 0.345. The molecule has 2 aromatic rings. The molecule has 0 unspecified atom stereocenters. The fourth-order valence-electron chi connectivity index (χ4n) is 4.50. The maximum Gasteiger partial charge on any atom is 0.418 e. The van der Waals surface area contributed by atoms with Crippen LogP contribution in [0.15, 0.2) is 36.0 Å². The topological polar surface area (TPSA) is 46.9 Å². The first-order chi connectivity index (χ1) is 13.3. The highest BCUT2D eigenvalue weighted by Gasteiger charge is 2.42. The molecule has 2 heterocycles. The fraction of sp³-hybridized carbons (Fsp3) is 0.429. The van der Waals surface area contributed by atoms with Crippen LogP contribution in [0.5, 0.6) is 0 Å². The summed E-state index contributed by atoms with van der Waals surface area (Å²) in [5.74, 6) is 0.421. The van der Waals surface area contributed by atoms with Crippen molar-refractivity contribution in [2.45, 2.75) is 51.6 Å². The van der Waals surface area contributed by atoms with Crippen LogP contribution in [0.25, 0.3) is 5.69 Å². The molecule has 1 aliphatic heterocycles. The molecule has 1 N–H and O–H groups in total. The Hall–Kier alpha value is -2.57. The smallest absolute Gasteiger partial charge is 0.343 e. The van der Waals surface area contributed by atoms with E-state index in [4.69, 9.17) is 0 Å². The number of halogens is 3. The van der Waals surface area contributed by atoms with Crippen molar-refractivity contribution in [2.75, 3.05) is 5.32 Å². The van der Waals surface area contributed by atoms with E-state index in [2.05, 4.69) is 17.3 Å². The zero-order chi connectivity index (χ0) is 20.1. The monoisotopic (exact) mass is 389 g/mol. The van der Waals surface area contributed by atoms with E-state index in [-0.39, 0.29) is 23.3 Å². The minimum Gasteiger partial charge on any atom is -0.343 e. The second-order valence-electron chi connectivity index (χ2n) is 7.44. The number of para-hydroxylation sites is 1. The van der Waals surface area contributed by atoms with Crippen molar-refractivity contribution in [2.24, 2.45) is 5.92 Å². The molecule has 0 amide bonds. The Morgan fingerprint density at radius 3 is 2.75 bits per heavy atom. The number of anilines is 1. The number of hydrogen-bond donors (Lipinski definition) is 1. The Morgan fingerprint density at radius 2 is 2.04 bits per heavy atom. The molecule has 2 aliphatic rings. The zero-order valence-electron chi connectivity index (χ0n) is 15.8. The summed E-state index contributed by atoms with van der Waals surface area (Å²) in [5, 5.41) is 7.73. The molecule has 148 valence electrons. The first kappa shape index (κ1) is 18.8. The predicted molar refractivity (Wildman–Crippen MR) is 100 cm³/mol. The number of fused-ring (bicyclic) bond motifs is 2. The van der Waals surface area contributed by atoms with Crippen molar-refractivity contribution in [1.29, 1.82) is 0 Å². The molecular formula is C21H22F3N3O. The lowest BCUT2D eigenvalue weighted by Gasteiger charge is -2.36. The number of hydrogen-bond acceptors (Lipinski definition) is 3. The van der Waals surface area contributed by atoms with Crippen LogP contribution in [-0.4, -0.2) is 15.6 Å². The van der Waals surface area contributed by atoms with Gasteiger partial charge in [0.1, 0.15) is 11.6 Å². The van der Waals surface area contributed by atoms with Crippen LogP contribution < -0.4 is 5.32 Å². The van der Waals surface area contributed by atoms with Gasteiger partial charge in [0.15, 0.2) is 0 Å². The molecular weight excluding hydrogens is 367 g/mol. The lowest BCUT2D eigenvalue weighted by atomic mass is 9.73. The molecule has 0 fully saturated rings. The van der Waals surface area contributed by atoms with Gasteiger partial charge in [-0.05, 0) is 31.9 Å². The summed E-state index contributed by atoms with van der Waals surface area (Å²) < 4.78 is 42.1. The molecule has 0 spiro atoms. The largest absolute Gasteiger partial charge is 0.418 e. The minimum atomic E-state index is -4.48. The van der Waals surface area contributed by atoms with Crippen molar-refractivity contribution in [1.82, 2.24) is 9.78 Å². The third-order valence-electron chi connectivity index (χ3n) is 5.62. The minimum absolute atomic E-state index is 0.0108. The van der Waals surface area contributed by atoms with E-state index in [9.17, 15) is 18.0 Å². The molecule has 1 aromatic heterocycles. The van der Waals surface area contributed by atoms with Gasteiger partial charge in [-0.25, -0.2) is 4.68 Å². The van der Waals surface area contributed by atoms with E-state index in [1.165, 1.54) is 16.8 Å². The summed E-state index contributed by atoms with van der Waals surface area (Å²) in [5.41, 5.74) is 1.58. The molecule has 7 heteroatoms. The quantitative estimate of drug-likeness (QED) is 0.768. The molecule has 0 saturated carbocycles. The third kappa shape index (κ3) is 2.93. The van der Waals surface area contributed by atoms with Gasteiger partial charge in [0.05, 0.1) is 22.9 Å². The first-order valence-corrected chi connectivity index (χ1v) is 9.58. The molecule has 4 rings (SSSR count). The standard InChI is InChI=1S/C21H22F3N3O/c1-3-7-13-18-12(2)26-27(16-10-5-4-8-14(16)21(22,23)24)20(18)25-15-9-6-11-17(28)19(13)15/h4-5,8-10,13,19,25H,3,6-7,11H2,1-2H3/t13-,19+/m0/s1. The Balaban J connectivity index is 1.92. The van der Waals surface area contributed by atoms with E-state index in [1.807, 2.05) is 6.08 Å². The molecule has 0 bridgehead atoms. The van der Waals surface area contributed by atoms with Crippen LogP contribution in [0.4, 0.5) is 19.0 Å². The third-order valence-corrected chi connectivity index (χ3v) is 5.62. The second-order valence-corrected chi connectivity index (χ2v) is 7.44. The SMILES string of the molecule is CCC[C@H]1c2c(C)nn(-c3ccccc3C(F)(F)F)c2NC2=CCCC(=O)[C@@H]21. The van der Waals surface area contributed by atoms with Crippen molar-refractivity contribution in [3.05, 3.63) is 52.9 Å². The number of rotatable bonds is 3. The van der Waals surface area contributed by atoms with Crippen LogP contribution >= 0.6 is 0 Å². The highest BCUT2D eigenvalue weighted by Crippen LogP contribution is 2.48. The highest BCUT2D eigenvalue weighted by molar-refractivity contribution is 5.88. The van der Waals surface area contributed by atoms with Crippen molar-refractivity contribution < 1.29 is 18.0 Å². The molecule has 1 aliphatic carbocycles. The molecule has 0 radical (unpaired) electrons. The molecule has 0 saturated heterocycles. The maximum absolute atomic E-state index is 13.6. The number of Topliss-reactive ketones (excluding diaryl/α,β-unsaturated/α-hetero) is 1. The summed E-state index contributed by atoms with van der Waals surface area (Å²) >= 11 is 0. The number of nitrogens with one attached hydrogen (secondary N) is 1. The van der Waals surface area contributed by atoms with Crippen LogP contribution in [0.2, 0.25) is 0 Å². The van der Waals surface area contributed by atoms with Crippen LogP contribution in [-0.2, 0) is 11.0 Å². The Morgan fingerprint density at radius 1 is 1.29 bits per heavy atom. The number of benzene rings is 1. The predicted octanol–water partition coefficient (Wildman–Crippen LogP) is 5.37. The number of carbonyl (C=O) groups is 1. The molecule has 2 atom stereocenters.